The predicted octanol–water partition coefficient (Wildman–Crippen LogP) is 3.50. The monoisotopic (exact) mass is 428 g/mol. The molecule has 0 spiro atoms. The molecule has 1 saturated heterocycles. The van der Waals surface area contributed by atoms with Crippen molar-refractivity contribution in [2.45, 2.75) is 39.2 Å². The van der Waals surface area contributed by atoms with Crippen molar-refractivity contribution < 1.29 is 9.59 Å². The Labute approximate surface area is 183 Å². The average molecular weight is 429 g/mol. The van der Waals surface area contributed by atoms with Gasteiger partial charge in [0.15, 0.2) is 0 Å². The quantitative estimate of drug-likeness (QED) is 0.809. The van der Waals surface area contributed by atoms with Crippen LogP contribution in [0.4, 0.5) is 5.82 Å². The van der Waals surface area contributed by atoms with E-state index in [1.165, 1.54) is 0 Å². The lowest BCUT2D eigenvalue weighted by Gasteiger charge is -2.36. The molecule has 1 aromatic carbocycles. The number of pyridine rings is 1. The molecular formula is C23H29ClN4O2. The van der Waals surface area contributed by atoms with Crippen LogP contribution in [-0.4, -0.2) is 53.9 Å². The molecule has 0 saturated carbocycles. The summed E-state index contributed by atoms with van der Waals surface area (Å²) in [4.78, 5) is 33.6. The summed E-state index contributed by atoms with van der Waals surface area (Å²) in [5.41, 5.74) is 1.75. The number of aromatic nitrogens is 1. The van der Waals surface area contributed by atoms with E-state index in [0.717, 1.165) is 11.4 Å². The Kier molecular flexibility index (Phi) is 6.66. The number of piperazine rings is 1. The Bertz CT molecular complexity index is 883. The van der Waals surface area contributed by atoms with Crippen LogP contribution in [0.1, 0.15) is 43.6 Å². The van der Waals surface area contributed by atoms with Crippen molar-refractivity contribution in [2.75, 3.05) is 31.1 Å². The highest BCUT2D eigenvalue weighted by molar-refractivity contribution is 6.30. The third-order valence-corrected chi connectivity index (χ3v) is 5.58. The lowest BCUT2D eigenvalue weighted by Crippen LogP contribution is -2.54. The number of hydrogen-bond donors (Lipinski definition) is 1. The van der Waals surface area contributed by atoms with Crippen LogP contribution in [0.5, 0.6) is 0 Å². The maximum absolute atomic E-state index is 12.8. The van der Waals surface area contributed by atoms with Gasteiger partial charge < -0.3 is 15.1 Å². The molecule has 1 fully saturated rings. The zero-order valence-corrected chi connectivity index (χ0v) is 18.7. The largest absolute Gasteiger partial charge is 0.353 e. The van der Waals surface area contributed by atoms with Crippen molar-refractivity contribution in [3.05, 3.63) is 58.7 Å². The molecule has 0 bridgehead atoms. The van der Waals surface area contributed by atoms with Crippen molar-refractivity contribution in [3.63, 3.8) is 0 Å². The fourth-order valence-electron chi connectivity index (χ4n) is 3.45. The number of carbonyl (C=O) groups excluding carboxylic acids is 2. The molecule has 3 rings (SSSR count). The molecule has 1 atom stereocenters. The normalized spacial score (nSPS) is 15.6. The van der Waals surface area contributed by atoms with Gasteiger partial charge in [-0.25, -0.2) is 4.98 Å². The number of halogens is 1. The Hall–Kier alpha value is -2.60. The van der Waals surface area contributed by atoms with Gasteiger partial charge in [-0.05, 0) is 42.2 Å². The molecule has 2 aromatic rings. The second-order valence-electron chi connectivity index (χ2n) is 8.67. The summed E-state index contributed by atoms with van der Waals surface area (Å²) in [6, 6.07) is 10.7. The van der Waals surface area contributed by atoms with E-state index in [1.54, 1.807) is 18.0 Å². The van der Waals surface area contributed by atoms with Crippen molar-refractivity contribution in [1.29, 1.82) is 0 Å². The number of carbonyl (C=O) groups is 2. The summed E-state index contributed by atoms with van der Waals surface area (Å²) in [7, 11) is 0. The zero-order chi connectivity index (χ0) is 21.9. The minimum Gasteiger partial charge on any atom is -0.353 e. The van der Waals surface area contributed by atoms with Crippen molar-refractivity contribution >= 4 is 29.2 Å². The topological polar surface area (TPSA) is 65.5 Å². The van der Waals surface area contributed by atoms with Crippen LogP contribution in [-0.2, 0) is 10.2 Å². The van der Waals surface area contributed by atoms with E-state index in [4.69, 9.17) is 11.6 Å². The van der Waals surface area contributed by atoms with Gasteiger partial charge in [0.1, 0.15) is 11.9 Å². The van der Waals surface area contributed by atoms with Crippen LogP contribution < -0.4 is 10.2 Å². The van der Waals surface area contributed by atoms with Crippen LogP contribution in [0, 0.1) is 0 Å². The van der Waals surface area contributed by atoms with Gasteiger partial charge in [-0.1, -0.05) is 44.5 Å². The first-order valence-electron chi connectivity index (χ1n) is 10.2. The first-order chi connectivity index (χ1) is 14.1. The Morgan fingerprint density at radius 3 is 2.20 bits per heavy atom. The zero-order valence-electron chi connectivity index (χ0n) is 18.0. The molecule has 160 valence electrons. The Morgan fingerprint density at radius 1 is 1.03 bits per heavy atom. The van der Waals surface area contributed by atoms with Crippen molar-refractivity contribution in [3.8, 4) is 0 Å². The van der Waals surface area contributed by atoms with Crippen LogP contribution in [0.15, 0.2) is 42.6 Å². The fraction of sp³-hybridized carbons (Fsp3) is 0.435. The SMILES string of the molecule is CC(NC(=O)c1ccc(C(C)(C)C)cc1)C(=O)N1CCN(c2ccc(Cl)cn2)CC1. The summed E-state index contributed by atoms with van der Waals surface area (Å²) in [6.45, 7) is 10.7. The fourth-order valence-corrected chi connectivity index (χ4v) is 3.56. The van der Waals surface area contributed by atoms with E-state index in [-0.39, 0.29) is 17.2 Å². The predicted molar refractivity (Wildman–Crippen MR) is 120 cm³/mol. The molecule has 1 aliphatic rings. The summed E-state index contributed by atoms with van der Waals surface area (Å²) in [6.07, 6.45) is 1.63. The molecule has 1 aliphatic heterocycles. The lowest BCUT2D eigenvalue weighted by molar-refractivity contribution is -0.133. The number of rotatable bonds is 4. The van der Waals surface area contributed by atoms with Gasteiger partial charge in [0.2, 0.25) is 5.91 Å². The minimum absolute atomic E-state index is 0.0297. The Morgan fingerprint density at radius 2 is 1.67 bits per heavy atom. The number of amides is 2. The van der Waals surface area contributed by atoms with Crippen LogP contribution >= 0.6 is 11.6 Å². The van der Waals surface area contributed by atoms with Gasteiger partial charge in [-0.3, -0.25) is 9.59 Å². The number of anilines is 1. The van der Waals surface area contributed by atoms with E-state index in [1.807, 2.05) is 36.4 Å². The molecular weight excluding hydrogens is 400 g/mol. The van der Waals surface area contributed by atoms with Gasteiger partial charge in [0.05, 0.1) is 5.02 Å². The Balaban J connectivity index is 1.53. The molecule has 6 nitrogen and oxygen atoms in total. The van der Waals surface area contributed by atoms with E-state index in [2.05, 4.69) is 36.0 Å². The molecule has 1 N–H and O–H groups in total. The minimum atomic E-state index is -0.583. The molecule has 30 heavy (non-hydrogen) atoms. The van der Waals surface area contributed by atoms with Crippen LogP contribution in [0.2, 0.25) is 5.02 Å². The van der Waals surface area contributed by atoms with Crippen LogP contribution in [0.25, 0.3) is 0 Å². The molecule has 0 aliphatic carbocycles. The highest BCUT2D eigenvalue weighted by Gasteiger charge is 2.26. The second-order valence-corrected chi connectivity index (χ2v) is 9.11. The molecule has 1 aromatic heterocycles. The highest BCUT2D eigenvalue weighted by Crippen LogP contribution is 2.22. The maximum Gasteiger partial charge on any atom is 0.251 e. The first-order valence-corrected chi connectivity index (χ1v) is 10.6. The number of nitrogens with one attached hydrogen (secondary N) is 1. The van der Waals surface area contributed by atoms with Crippen molar-refractivity contribution in [2.24, 2.45) is 0 Å². The average Bonchev–Trinajstić information content (AvgIpc) is 2.73. The second kappa shape index (κ2) is 9.04. The third kappa shape index (κ3) is 5.30. The van der Waals surface area contributed by atoms with E-state index in [9.17, 15) is 9.59 Å². The van der Waals surface area contributed by atoms with Gasteiger partial charge >= 0.3 is 0 Å². The van der Waals surface area contributed by atoms with Gasteiger partial charge in [0, 0.05) is 37.9 Å². The molecule has 1 unspecified atom stereocenters. The van der Waals surface area contributed by atoms with Crippen LogP contribution in [0.3, 0.4) is 0 Å². The highest BCUT2D eigenvalue weighted by atomic mass is 35.5. The summed E-state index contributed by atoms with van der Waals surface area (Å²) in [5.74, 6) is 0.547. The van der Waals surface area contributed by atoms with E-state index < -0.39 is 6.04 Å². The van der Waals surface area contributed by atoms with Gasteiger partial charge in [-0.15, -0.1) is 0 Å². The van der Waals surface area contributed by atoms with Crippen molar-refractivity contribution in [1.82, 2.24) is 15.2 Å². The number of hydrogen-bond acceptors (Lipinski definition) is 4. The standard InChI is InChI=1S/C23H29ClN4O2/c1-16(26-21(29)17-5-7-18(8-6-17)23(2,3)4)22(30)28-13-11-27(12-14-28)20-10-9-19(24)15-25-20/h5-10,15-16H,11-14H2,1-4H3,(H,26,29). The maximum atomic E-state index is 12.8. The van der Waals surface area contributed by atoms with Gasteiger partial charge in [-0.2, -0.15) is 0 Å². The van der Waals surface area contributed by atoms with E-state index in [0.29, 0.717) is 36.8 Å². The number of nitrogens with zero attached hydrogens (tertiary/aromatic N) is 3. The molecule has 2 heterocycles. The summed E-state index contributed by atoms with van der Waals surface area (Å²) >= 11 is 5.90. The number of benzene rings is 1. The smallest absolute Gasteiger partial charge is 0.251 e. The third-order valence-electron chi connectivity index (χ3n) is 5.36. The molecule has 2 amide bonds. The first kappa shape index (κ1) is 22.1. The summed E-state index contributed by atoms with van der Waals surface area (Å²) < 4.78 is 0. The lowest BCUT2D eigenvalue weighted by atomic mass is 9.86. The van der Waals surface area contributed by atoms with Gasteiger partial charge in [0.25, 0.3) is 5.91 Å². The van der Waals surface area contributed by atoms with E-state index >= 15 is 0 Å². The molecule has 7 heteroatoms. The summed E-state index contributed by atoms with van der Waals surface area (Å²) in [5, 5.41) is 3.43. The molecule has 0 radical (unpaired) electrons.